The average molecular weight is 445 g/mol. The van der Waals surface area contributed by atoms with Crippen molar-refractivity contribution in [3.63, 3.8) is 0 Å². The van der Waals surface area contributed by atoms with Crippen molar-refractivity contribution in [3.8, 4) is 0 Å². The molecule has 0 aromatic carbocycles. The molecule has 0 spiro atoms. The molecule has 0 radical (unpaired) electrons. The molecule has 0 saturated heterocycles. The van der Waals surface area contributed by atoms with Gasteiger partial charge >= 0.3 is 41.8 Å². The third-order valence-corrected chi connectivity index (χ3v) is 2.18. The van der Waals surface area contributed by atoms with Gasteiger partial charge in [0.25, 0.3) is 0 Å². The zero-order valence-electron chi connectivity index (χ0n) is 15.4. The van der Waals surface area contributed by atoms with Gasteiger partial charge in [-0.25, -0.2) is 0 Å². The molecule has 0 aromatic heterocycles. The van der Waals surface area contributed by atoms with E-state index in [1.807, 2.05) is 0 Å². The Hall–Kier alpha value is -3.79. The minimum absolute atomic E-state index is 0. The van der Waals surface area contributed by atoms with E-state index in [1.54, 1.807) is 0 Å². The maximum absolute atomic E-state index is 10.1. The van der Waals surface area contributed by atoms with Crippen LogP contribution >= 0.6 is 0 Å². The zero-order chi connectivity index (χ0) is 23.6. The van der Waals surface area contributed by atoms with Gasteiger partial charge < -0.3 is 41.2 Å². The van der Waals surface area contributed by atoms with Crippen molar-refractivity contribution < 1.29 is 74.8 Å². The topological polar surface area (TPSA) is 296 Å². The highest BCUT2D eigenvalue weighted by Gasteiger charge is 2.15. The molecule has 0 amide bonds. The van der Waals surface area contributed by atoms with E-state index in [4.69, 9.17) is 35.7 Å². The minimum atomic E-state index is -1.26. The van der Waals surface area contributed by atoms with Gasteiger partial charge in [0.2, 0.25) is 0 Å². The molecule has 9 N–H and O–H groups in total. The predicted molar refractivity (Wildman–Crippen MR) is 92.0 cm³/mol. The van der Waals surface area contributed by atoms with Crippen LogP contribution in [-0.4, -0.2) is 108 Å². The Kier molecular flexibility index (Phi) is 22.5. The summed E-state index contributed by atoms with van der Waals surface area (Å²) in [5, 5.41) is 56.4. The van der Waals surface area contributed by atoms with Crippen molar-refractivity contribution in [2.24, 2.45) is 0 Å². The molecule has 0 bridgehead atoms. The number of nitrogens with zero attached hydrogens (tertiary/aromatic N) is 1. The lowest BCUT2D eigenvalue weighted by atomic mass is 10.3. The van der Waals surface area contributed by atoms with Crippen LogP contribution in [0.5, 0.6) is 0 Å². The summed E-state index contributed by atoms with van der Waals surface area (Å²) in [6.07, 6.45) is -1.19. The standard InChI is InChI=1S/C6H9NO6.2C4H6O4.H2O/c8-4(9)1-7(2-5(10)11)3-6(12)13;2*5-3(6)1-2-4(7)8;/h1-3H2,(H,8,9)(H,10,11)(H,12,13);2*1-2H2,(H,5,6)(H,7,8);1H2. The Labute approximate surface area is 167 Å². The smallest absolute Gasteiger partial charge is 0.317 e. The first-order valence-corrected chi connectivity index (χ1v) is 7.42. The Balaban J connectivity index is -0.000000174. The second kappa shape index (κ2) is 20.0. The molecule has 16 nitrogen and oxygen atoms in total. The number of aliphatic carboxylic acids is 7. The largest absolute Gasteiger partial charge is 0.481 e. The van der Waals surface area contributed by atoms with Gasteiger partial charge in [-0.2, -0.15) is 0 Å². The van der Waals surface area contributed by atoms with E-state index in [-0.39, 0.29) is 31.2 Å². The minimum Gasteiger partial charge on any atom is -0.481 e. The van der Waals surface area contributed by atoms with E-state index in [0.717, 1.165) is 4.90 Å². The molecule has 0 unspecified atom stereocenters. The molecule has 0 saturated carbocycles. The van der Waals surface area contributed by atoms with Gasteiger partial charge in [-0.05, 0) is 0 Å². The van der Waals surface area contributed by atoms with Gasteiger partial charge in [0.15, 0.2) is 0 Å². The fourth-order valence-corrected chi connectivity index (χ4v) is 1.17. The predicted octanol–water partition coefficient (Wildman–Crippen LogP) is -2.41. The highest BCUT2D eigenvalue weighted by atomic mass is 16.4. The van der Waals surface area contributed by atoms with Crippen molar-refractivity contribution in [1.82, 2.24) is 4.90 Å². The second-order valence-corrected chi connectivity index (χ2v) is 4.90. The highest BCUT2D eigenvalue weighted by Crippen LogP contribution is 1.88. The van der Waals surface area contributed by atoms with Crippen LogP contribution in [0.4, 0.5) is 0 Å². The highest BCUT2D eigenvalue weighted by molar-refractivity contribution is 5.76. The first kappa shape index (κ1) is 33.8. The lowest BCUT2D eigenvalue weighted by Crippen LogP contribution is -2.38. The van der Waals surface area contributed by atoms with Crippen molar-refractivity contribution in [3.05, 3.63) is 0 Å². The van der Waals surface area contributed by atoms with Gasteiger partial charge in [-0.15, -0.1) is 0 Å². The Morgan fingerprint density at radius 2 is 0.567 bits per heavy atom. The Bertz CT molecular complexity index is 506. The van der Waals surface area contributed by atoms with E-state index in [2.05, 4.69) is 0 Å². The monoisotopic (exact) mass is 445 g/mol. The molecule has 0 rings (SSSR count). The fourth-order valence-electron chi connectivity index (χ4n) is 1.17. The summed E-state index contributed by atoms with van der Waals surface area (Å²) in [6.45, 7) is -1.80. The summed E-state index contributed by atoms with van der Waals surface area (Å²) in [5.74, 6) is -8.09. The van der Waals surface area contributed by atoms with Crippen molar-refractivity contribution >= 4 is 41.8 Å². The molecule has 0 aliphatic rings. The zero-order valence-corrected chi connectivity index (χ0v) is 15.4. The van der Waals surface area contributed by atoms with Crippen molar-refractivity contribution in [2.45, 2.75) is 25.7 Å². The van der Waals surface area contributed by atoms with Gasteiger partial charge in [0, 0.05) is 0 Å². The summed E-state index contributed by atoms with van der Waals surface area (Å²) in [5.41, 5.74) is 0. The van der Waals surface area contributed by atoms with E-state index < -0.39 is 61.4 Å². The van der Waals surface area contributed by atoms with Crippen LogP contribution in [0.25, 0.3) is 0 Å². The molecule has 0 aliphatic carbocycles. The lowest BCUT2D eigenvalue weighted by Gasteiger charge is -2.14. The molecule has 0 aliphatic heterocycles. The summed E-state index contributed by atoms with van der Waals surface area (Å²) in [4.78, 5) is 69.8. The van der Waals surface area contributed by atoms with Gasteiger partial charge in [-0.1, -0.05) is 0 Å². The normalized spacial score (nSPS) is 8.83. The third kappa shape index (κ3) is 39.3. The summed E-state index contributed by atoms with van der Waals surface area (Å²) in [6, 6.07) is 0. The summed E-state index contributed by atoms with van der Waals surface area (Å²) < 4.78 is 0. The summed E-state index contributed by atoms with van der Waals surface area (Å²) >= 11 is 0. The molecule has 174 valence electrons. The molecular weight excluding hydrogens is 422 g/mol. The number of carboxylic acid groups (broad SMARTS) is 7. The first-order chi connectivity index (χ1) is 13.2. The molecule has 30 heavy (non-hydrogen) atoms. The third-order valence-electron chi connectivity index (χ3n) is 2.18. The van der Waals surface area contributed by atoms with Crippen LogP contribution in [0.2, 0.25) is 0 Å². The number of hydrogen-bond acceptors (Lipinski definition) is 8. The first-order valence-electron chi connectivity index (χ1n) is 7.42. The number of carbonyl (C=O) groups is 7. The number of rotatable bonds is 12. The van der Waals surface area contributed by atoms with E-state index in [0.29, 0.717) is 0 Å². The average Bonchev–Trinajstić information content (AvgIpc) is 2.50. The molecule has 0 atom stereocenters. The molecule has 0 heterocycles. The van der Waals surface area contributed by atoms with Crippen LogP contribution in [0.15, 0.2) is 0 Å². The van der Waals surface area contributed by atoms with E-state index >= 15 is 0 Å². The van der Waals surface area contributed by atoms with Gasteiger partial charge in [0.05, 0.1) is 45.3 Å². The Morgan fingerprint density at radius 3 is 0.667 bits per heavy atom. The maximum Gasteiger partial charge on any atom is 0.317 e. The van der Waals surface area contributed by atoms with Crippen molar-refractivity contribution in [2.75, 3.05) is 19.6 Å². The number of hydrogen-bond donors (Lipinski definition) is 7. The molecule has 16 heteroatoms. The second-order valence-electron chi connectivity index (χ2n) is 4.90. The Morgan fingerprint density at radius 1 is 0.400 bits per heavy atom. The van der Waals surface area contributed by atoms with Crippen LogP contribution in [0, 0.1) is 0 Å². The van der Waals surface area contributed by atoms with Crippen LogP contribution in [0.3, 0.4) is 0 Å². The molecule has 0 aromatic rings. The van der Waals surface area contributed by atoms with E-state index in [1.165, 1.54) is 0 Å². The summed E-state index contributed by atoms with van der Waals surface area (Å²) in [7, 11) is 0. The molecular formula is C14H23NO15. The quantitative estimate of drug-likeness (QED) is 0.164. The fraction of sp³-hybridized carbons (Fsp3) is 0.500. The van der Waals surface area contributed by atoms with Gasteiger partial charge in [-0.3, -0.25) is 38.5 Å². The van der Waals surface area contributed by atoms with Crippen LogP contribution < -0.4 is 0 Å². The van der Waals surface area contributed by atoms with Crippen molar-refractivity contribution in [1.29, 1.82) is 0 Å². The number of carboxylic acids is 7. The maximum atomic E-state index is 10.1. The van der Waals surface area contributed by atoms with Crippen LogP contribution in [0.1, 0.15) is 25.7 Å². The van der Waals surface area contributed by atoms with Gasteiger partial charge in [0.1, 0.15) is 0 Å². The SMILES string of the molecule is O.O=C(O)CCC(=O)O.O=C(O)CCC(=O)O.O=C(O)CN(CC(=O)O)CC(=O)O. The molecule has 0 fully saturated rings. The van der Waals surface area contributed by atoms with E-state index in [9.17, 15) is 33.6 Å². The van der Waals surface area contributed by atoms with Crippen LogP contribution in [-0.2, 0) is 33.6 Å². The lowest BCUT2D eigenvalue weighted by molar-refractivity contribution is -0.145.